The number of rotatable bonds is 29. The van der Waals surface area contributed by atoms with E-state index < -0.39 is 146 Å². The number of aromatic amines is 1. The van der Waals surface area contributed by atoms with Crippen molar-refractivity contribution in [1.82, 2.24) is 47.1 Å². The van der Waals surface area contributed by atoms with Crippen molar-refractivity contribution in [2.24, 2.45) is 23.1 Å². The van der Waals surface area contributed by atoms with Crippen LogP contribution in [0.15, 0.2) is 30.5 Å². The van der Waals surface area contributed by atoms with Gasteiger partial charge in [-0.15, -0.1) is 0 Å². The molecule has 1 aromatic carbocycles. The number of likely N-dealkylation sites (tertiary alicyclic amines) is 1. The van der Waals surface area contributed by atoms with Crippen LogP contribution in [0, 0.1) is 5.92 Å². The van der Waals surface area contributed by atoms with Gasteiger partial charge < -0.3 is 84.7 Å². The molecule has 10 amide bonds. The number of nitrogens with two attached hydrogens (primary N) is 3. The van der Waals surface area contributed by atoms with E-state index in [4.69, 9.17) is 17.2 Å². The average Bonchev–Trinajstić information content (AvgIpc) is 3.98. The van der Waals surface area contributed by atoms with Gasteiger partial charge in [0, 0.05) is 42.9 Å². The molecule has 0 radical (unpaired) electrons. The number of carbonyl (C=O) groups excluding carboxylic acids is 10. The van der Waals surface area contributed by atoms with Gasteiger partial charge in [0.1, 0.15) is 36.3 Å². The Labute approximate surface area is 407 Å². The number of hydrogen-bond acceptors (Lipinski definition) is 15. The number of primary amides is 2. The number of fused-ring (bicyclic) bond motifs is 1. The van der Waals surface area contributed by atoms with Crippen molar-refractivity contribution in [3.63, 3.8) is 0 Å². The molecule has 0 spiro atoms. The van der Waals surface area contributed by atoms with E-state index in [1.807, 2.05) is 0 Å². The summed E-state index contributed by atoms with van der Waals surface area (Å²) in [5.74, 6) is -10.8. The van der Waals surface area contributed by atoms with Crippen LogP contribution in [0.4, 0.5) is 0 Å². The van der Waals surface area contributed by atoms with Gasteiger partial charge in [0.05, 0.1) is 31.9 Å². The summed E-state index contributed by atoms with van der Waals surface area (Å²) in [6.45, 7) is 1.85. The van der Waals surface area contributed by atoms with Crippen molar-refractivity contribution >= 4 is 75.9 Å². The number of nitrogens with one attached hydrogen (secondary N) is 8. The third-order valence-electron chi connectivity index (χ3n) is 11.4. The second-order valence-corrected chi connectivity index (χ2v) is 17.5. The molecule has 71 heavy (non-hydrogen) atoms. The van der Waals surface area contributed by atoms with Crippen molar-refractivity contribution in [3.8, 4) is 0 Å². The molecule has 1 aliphatic heterocycles. The maximum atomic E-state index is 14.5. The number of carboxylic acid groups (broad SMARTS) is 1. The molecule has 0 aliphatic carbocycles. The molecule has 1 aliphatic rings. The van der Waals surface area contributed by atoms with Crippen LogP contribution in [0.1, 0.15) is 71.3 Å². The van der Waals surface area contributed by atoms with Crippen LogP contribution in [-0.4, -0.2) is 176 Å². The van der Waals surface area contributed by atoms with Crippen LogP contribution in [0.25, 0.3) is 10.9 Å². The first kappa shape index (κ1) is 58.1. The van der Waals surface area contributed by atoms with Crippen LogP contribution in [-0.2, 0) is 59.2 Å². The van der Waals surface area contributed by atoms with Crippen molar-refractivity contribution in [2.75, 3.05) is 26.3 Å². The van der Waals surface area contributed by atoms with E-state index in [9.17, 15) is 73.2 Å². The van der Waals surface area contributed by atoms with Crippen LogP contribution in [0.2, 0.25) is 0 Å². The Morgan fingerprint density at radius 1 is 0.732 bits per heavy atom. The minimum atomic E-state index is -1.73. The number of aromatic nitrogens is 1. The highest BCUT2D eigenvalue weighted by molar-refractivity contribution is 5.98. The Hall–Kier alpha value is -7.23. The number of H-pyrrole nitrogens is 1. The van der Waals surface area contributed by atoms with Crippen molar-refractivity contribution in [3.05, 3.63) is 36.0 Å². The SMILES string of the molecule is CC(C)C[C@H](NC(=O)[C@@H]1CCCN1C(=O)[C@H](Cc1c[nH]c2ccccc12)NC(=O)[C@H](CO)NC(=O)CNC(=O)[C@H](CO)NC(=O)[C@H](CCC(N)=O)NC(=O)[C@@H](N)CCC(N)=O)C(=O)N[C@H](C(=O)O)[C@@H](C)O. The zero-order valence-electron chi connectivity index (χ0n) is 39.6. The molecule has 1 aromatic heterocycles. The van der Waals surface area contributed by atoms with E-state index in [0.717, 1.165) is 0 Å². The van der Waals surface area contributed by atoms with E-state index in [0.29, 0.717) is 22.9 Å². The van der Waals surface area contributed by atoms with Crippen LogP contribution in [0.5, 0.6) is 0 Å². The molecular formula is C44H66N12O15. The zero-order valence-corrected chi connectivity index (χ0v) is 39.6. The molecule has 3 rings (SSSR count). The lowest BCUT2D eigenvalue weighted by molar-refractivity contribution is -0.145. The summed E-state index contributed by atoms with van der Waals surface area (Å²) in [6.07, 6.45) is -0.616. The Bertz CT molecular complexity index is 2250. The first-order chi connectivity index (χ1) is 33.5. The molecule has 392 valence electrons. The van der Waals surface area contributed by atoms with E-state index in [2.05, 4.69) is 42.2 Å². The van der Waals surface area contributed by atoms with Gasteiger partial charge in [-0.25, -0.2) is 4.79 Å². The molecule has 0 bridgehead atoms. The topological polar surface area (TPSA) is 450 Å². The molecule has 27 heteroatoms. The normalized spacial score (nSPS) is 16.7. The molecule has 9 atom stereocenters. The molecule has 18 N–H and O–H groups in total. The number of aliphatic hydroxyl groups is 3. The Balaban J connectivity index is 1.76. The maximum absolute atomic E-state index is 14.5. The minimum Gasteiger partial charge on any atom is -0.480 e. The number of hydrogen-bond donors (Lipinski definition) is 15. The predicted octanol–water partition coefficient (Wildman–Crippen LogP) is -5.92. The van der Waals surface area contributed by atoms with Crippen LogP contribution in [0.3, 0.4) is 0 Å². The summed E-state index contributed by atoms with van der Waals surface area (Å²) >= 11 is 0. The first-order valence-corrected chi connectivity index (χ1v) is 22.9. The molecule has 2 aromatic rings. The molecule has 0 saturated carbocycles. The van der Waals surface area contributed by atoms with E-state index in [1.165, 1.54) is 11.8 Å². The fourth-order valence-corrected chi connectivity index (χ4v) is 7.57. The number of amides is 10. The van der Waals surface area contributed by atoms with Gasteiger partial charge >= 0.3 is 5.97 Å². The number of carboxylic acids is 1. The highest BCUT2D eigenvalue weighted by Gasteiger charge is 2.40. The fourth-order valence-electron chi connectivity index (χ4n) is 7.57. The van der Waals surface area contributed by atoms with Crippen molar-refractivity contribution in [1.29, 1.82) is 0 Å². The van der Waals surface area contributed by atoms with E-state index in [1.54, 1.807) is 44.3 Å². The smallest absolute Gasteiger partial charge is 0.328 e. The molecular weight excluding hydrogens is 937 g/mol. The van der Waals surface area contributed by atoms with Gasteiger partial charge in [-0.2, -0.15) is 0 Å². The first-order valence-electron chi connectivity index (χ1n) is 22.9. The van der Waals surface area contributed by atoms with Gasteiger partial charge in [-0.3, -0.25) is 47.9 Å². The van der Waals surface area contributed by atoms with Crippen LogP contribution >= 0.6 is 0 Å². The average molecular weight is 1000 g/mol. The largest absolute Gasteiger partial charge is 0.480 e. The zero-order chi connectivity index (χ0) is 53.1. The highest BCUT2D eigenvalue weighted by Crippen LogP contribution is 2.23. The molecule has 0 unspecified atom stereocenters. The lowest BCUT2D eigenvalue weighted by Gasteiger charge is -2.31. The Kier molecular flexibility index (Phi) is 22.8. The van der Waals surface area contributed by atoms with Crippen LogP contribution < -0.4 is 54.4 Å². The van der Waals surface area contributed by atoms with E-state index >= 15 is 0 Å². The second kappa shape index (κ2) is 27.8. The summed E-state index contributed by atoms with van der Waals surface area (Å²) in [6, 6.07) is -4.65. The number of aliphatic carboxylic acids is 1. The standard InChI is InChI=1S/C44H66N12O15/c1-21(2)15-28(40(66)55-36(22(3)59)44(70)71)52-42(68)32-9-6-14-56(32)43(69)29(16-23-17-48-26-8-5-4-7-24(23)26)53-41(67)31(20-58)50-35(62)18-49-38(64)30(19-57)54-39(65)27(11-13-34(47)61)51-37(63)25(45)10-12-33(46)60/h4-5,7-8,17,21-22,25,27-32,36,48,57-59H,6,9-16,18-20,45H2,1-3H3,(H2,46,60)(H2,47,61)(H,49,64)(H,50,62)(H,51,63)(H,52,68)(H,53,67)(H,54,65)(H,55,66)(H,70,71)/t22-,25+,27+,28+,29+,30+,31+,32+,36+/m1/s1. The number of carbonyl (C=O) groups is 11. The number of nitrogens with zero attached hydrogens (tertiary/aromatic N) is 1. The molecule has 27 nitrogen and oxygen atoms in total. The summed E-state index contributed by atoms with van der Waals surface area (Å²) in [7, 11) is 0. The number of para-hydroxylation sites is 1. The number of aliphatic hydroxyl groups excluding tert-OH is 3. The quantitative estimate of drug-likeness (QED) is 0.0361. The molecule has 2 heterocycles. The summed E-state index contributed by atoms with van der Waals surface area (Å²) in [5.41, 5.74) is 17.3. The van der Waals surface area contributed by atoms with Gasteiger partial charge in [-0.05, 0) is 56.6 Å². The lowest BCUT2D eigenvalue weighted by Crippen LogP contribution is -2.60. The minimum absolute atomic E-state index is 0.0473. The van der Waals surface area contributed by atoms with Gasteiger partial charge in [0.2, 0.25) is 59.1 Å². The summed E-state index contributed by atoms with van der Waals surface area (Å²) in [5, 5.41) is 56.6. The summed E-state index contributed by atoms with van der Waals surface area (Å²) < 4.78 is 0. The fraction of sp³-hybridized carbons (Fsp3) is 0.568. The predicted molar refractivity (Wildman–Crippen MR) is 249 cm³/mol. The summed E-state index contributed by atoms with van der Waals surface area (Å²) in [4.78, 5) is 146. The third kappa shape index (κ3) is 17.9. The Morgan fingerprint density at radius 2 is 1.31 bits per heavy atom. The van der Waals surface area contributed by atoms with Gasteiger partial charge in [-0.1, -0.05) is 32.0 Å². The van der Waals surface area contributed by atoms with Crippen molar-refractivity contribution in [2.45, 2.75) is 127 Å². The monoisotopic (exact) mass is 1000 g/mol. The third-order valence-corrected chi connectivity index (χ3v) is 11.4. The number of benzene rings is 1. The lowest BCUT2D eigenvalue weighted by atomic mass is 10.0. The molecule has 1 fully saturated rings. The maximum Gasteiger partial charge on any atom is 0.328 e. The van der Waals surface area contributed by atoms with Gasteiger partial charge in [0.15, 0.2) is 6.04 Å². The molecule has 1 saturated heterocycles. The Morgan fingerprint density at radius 3 is 1.92 bits per heavy atom. The van der Waals surface area contributed by atoms with Crippen molar-refractivity contribution < 1.29 is 73.2 Å². The van der Waals surface area contributed by atoms with Gasteiger partial charge in [0.25, 0.3) is 0 Å². The van der Waals surface area contributed by atoms with E-state index in [-0.39, 0.29) is 51.0 Å². The highest BCUT2D eigenvalue weighted by atomic mass is 16.4. The second-order valence-electron chi connectivity index (χ2n) is 17.5.